The molecule has 30 heavy (non-hydrogen) atoms. The van der Waals surface area contributed by atoms with Gasteiger partial charge >= 0.3 is 0 Å². The van der Waals surface area contributed by atoms with Crippen molar-refractivity contribution in [3.8, 4) is 17.0 Å². The Kier molecular flexibility index (Phi) is 7.01. The molecule has 0 saturated carbocycles. The Bertz CT molecular complexity index is 1070. The second-order valence-electron chi connectivity index (χ2n) is 7.34. The van der Waals surface area contributed by atoms with Crippen LogP contribution in [0.3, 0.4) is 0 Å². The summed E-state index contributed by atoms with van der Waals surface area (Å²) in [5.41, 5.74) is 4.88. The number of carbonyl (C=O) groups is 1. The van der Waals surface area contributed by atoms with Gasteiger partial charge in [0.2, 0.25) is 0 Å². The van der Waals surface area contributed by atoms with Crippen LogP contribution in [-0.4, -0.2) is 28.8 Å². The lowest BCUT2D eigenvalue weighted by Crippen LogP contribution is -2.31. The number of benzene rings is 2. The fourth-order valence-electron chi connectivity index (χ4n) is 3.02. The smallest absolute Gasteiger partial charge is 0.266 e. The molecule has 0 saturated heterocycles. The van der Waals surface area contributed by atoms with E-state index in [1.165, 1.54) is 16.3 Å². The number of amides is 1. The SMILES string of the molecule is Cc1ccc(-c2ccc(=O)n(CCCNC(=O)COc3cccc(C)c3C)n2)cc1. The Morgan fingerprint density at radius 2 is 1.80 bits per heavy atom. The lowest BCUT2D eigenvalue weighted by atomic mass is 10.1. The highest BCUT2D eigenvalue weighted by atomic mass is 16.5. The largest absolute Gasteiger partial charge is 0.483 e. The molecule has 156 valence electrons. The molecule has 0 aliphatic rings. The van der Waals surface area contributed by atoms with E-state index in [4.69, 9.17) is 4.74 Å². The van der Waals surface area contributed by atoms with Crippen LogP contribution in [0.15, 0.2) is 59.4 Å². The number of ether oxygens (including phenoxy) is 1. The van der Waals surface area contributed by atoms with Crippen LogP contribution in [0.5, 0.6) is 5.75 Å². The summed E-state index contributed by atoms with van der Waals surface area (Å²) in [6.45, 7) is 6.84. The van der Waals surface area contributed by atoms with Crippen LogP contribution in [0.1, 0.15) is 23.1 Å². The van der Waals surface area contributed by atoms with E-state index in [0.717, 1.165) is 22.4 Å². The van der Waals surface area contributed by atoms with E-state index >= 15 is 0 Å². The molecule has 1 N–H and O–H groups in total. The van der Waals surface area contributed by atoms with Crippen molar-refractivity contribution in [3.05, 3.63) is 81.6 Å². The van der Waals surface area contributed by atoms with Crippen molar-refractivity contribution in [3.63, 3.8) is 0 Å². The van der Waals surface area contributed by atoms with Crippen LogP contribution in [0.4, 0.5) is 0 Å². The highest BCUT2D eigenvalue weighted by Gasteiger charge is 2.07. The highest BCUT2D eigenvalue weighted by Crippen LogP contribution is 2.20. The van der Waals surface area contributed by atoms with Crippen LogP contribution in [0.2, 0.25) is 0 Å². The number of aryl methyl sites for hydroxylation is 3. The number of carbonyl (C=O) groups excluding carboxylic acids is 1. The molecule has 1 aromatic heterocycles. The quantitative estimate of drug-likeness (QED) is 0.583. The average molecular weight is 405 g/mol. The van der Waals surface area contributed by atoms with Crippen molar-refractivity contribution in [2.45, 2.75) is 33.7 Å². The fourth-order valence-corrected chi connectivity index (χ4v) is 3.02. The number of hydrogen-bond acceptors (Lipinski definition) is 4. The second-order valence-corrected chi connectivity index (χ2v) is 7.34. The molecule has 2 aromatic carbocycles. The summed E-state index contributed by atoms with van der Waals surface area (Å²) in [4.78, 5) is 24.1. The summed E-state index contributed by atoms with van der Waals surface area (Å²) in [5, 5.41) is 7.27. The zero-order chi connectivity index (χ0) is 21.5. The third-order valence-electron chi connectivity index (χ3n) is 5.00. The molecule has 6 heteroatoms. The first-order chi connectivity index (χ1) is 14.4. The first kappa shape index (κ1) is 21.3. The third kappa shape index (κ3) is 5.56. The average Bonchev–Trinajstić information content (AvgIpc) is 2.74. The van der Waals surface area contributed by atoms with Gasteiger partial charge in [-0.15, -0.1) is 0 Å². The molecule has 1 amide bonds. The van der Waals surface area contributed by atoms with Crippen LogP contribution < -0.4 is 15.6 Å². The van der Waals surface area contributed by atoms with Gasteiger partial charge in [0, 0.05) is 24.7 Å². The predicted octanol–water partition coefficient (Wildman–Crippen LogP) is 3.42. The molecule has 0 spiro atoms. The molecule has 0 bridgehead atoms. The summed E-state index contributed by atoms with van der Waals surface area (Å²) in [5.74, 6) is 0.526. The van der Waals surface area contributed by atoms with Gasteiger partial charge in [0.05, 0.1) is 5.69 Å². The summed E-state index contributed by atoms with van der Waals surface area (Å²) < 4.78 is 7.05. The summed E-state index contributed by atoms with van der Waals surface area (Å²) in [6, 6.07) is 17.0. The maximum Gasteiger partial charge on any atom is 0.266 e. The Labute approximate surface area is 176 Å². The molecule has 0 fully saturated rings. The van der Waals surface area contributed by atoms with Crippen molar-refractivity contribution in [2.75, 3.05) is 13.2 Å². The molecule has 6 nitrogen and oxygen atoms in total. The van der Waals surface area contributed by atoms with Gasteiger partial charge in [-0.2, -0.15) is 5.10 Å². The van der Waals surface area contributed by atoms with E-state index < -0.39 is 0 Å². The molecule has 3 aromatic rings. The van der Waals surface area contributed by atoms with E-state index in [1.54, 1.807) is 6.07 Å². The van der Waals surface area contributed by atoms with Gasteiger partial charge < -0.3 is 10.1 Å². The Morgan fingerprint density at radius 3 is 2.57 bits per heavy atom. The zero-order valence-corrected chi connectivity index (χ0v) is 17.6. The number of nitrogens with zero attached hydrogens (tertiary/aromatic N) is 2. The van der Waals surface area contributed by atoms with Crippen molar-refractivity contribution >= 4 is 5.91 Å². The normalized spacial score (nSPS) is 10.6. The Hall–Kier alpha value is -3.41. The number of rotatable bonds is 8. The maximum atomic E-state index is 12.1. The first-order valence-corrected chi connectivity index (χ1v) is 10.0. The molecule has 0 aliphatic heterocycles. The zero-order valence-electron chi connectivity index (χ0n) is 17.6. The van der Waals surface area contributed by atoms with Gasteiger partial charge in [0.1, 0.15) is 5.75 Å². The summed E-state index contributed by atoms with van der Waals surface area (Å²) >= 11 is 0. The molecule has 0 radical (unpaired) electrons. The van der Waals surface area contributed by atoms with Crippen LogP contribution in [0, 0.1) is 20.8 Å². The molecule has 0 aliphatic carbocycles. The van der Waals surface area contributed by atoms with Crippen LogP contribution >= 0.6 is 0 Å². The van der Waals surface area contributed by atoms with Crippen LogP contribution in [0.25, 0.3) is 11.3 Å². The van der Waals surface area contributed by atoms with E-state index in [-0.39, 0.29) is 18.1 Å². The van der Waals surface area contributed by atoms with Gasteiger partial charge in [-0.25, -0.2) is 4.68 Å². The third-order valence-corrected chi connectivity index (χ3v) is 5.00. The highest BCUT2D eigenvalue weighted by molar-refractivity contribution is 5.77. The van der Waals surface area contributed by atoms with E-state index in [1.807, 2.05) is 63.2 Å². The van der Waals surface area contributed by atoms with Crippen molar-refractivity contribution in [2.24, 2.45) is 0 Å². The van der Waals surface area contributed by atoms with E-state index in [9.17, 15) is 9.59 Å². The summed E-state index contributed by atoms with van der Waals surface area (Å²) in [6.07, 6.45) is 0.597. The lowest BCUT2D eigenvalue weighted by molar-refractivity contribution is -0.123. The molecule has 1 heterocycles. The predicted molar refractivity (Wildman–Crippen MR) is 118 cm³/mol. The molecule has 0 atom stereocenters. The Balaban J connectivity index is 1.48. The minimum Gasteiger partial charge on any atom is -0.483 e. The van der Waals surface area contributed by atoms with Gasteiger partial charge in [-0.3, -0.25) is 9.59 Å². The van der Waals surface area contributed by atoms with Crippen molar-refractivity contribution in [1.29, 1.82) is 0 Å². The number of aromatic nitrogens is 2. The molecule has 3 rings (SSSR count). The minimum absolute atomic E-state index is 0.0363. The van der Waals surface area contributed by atoms with Gasteiger partial charge in [0.15, 0.2) is 6.61 Å². The lowest BCUT2D eigenvalue weighted by Gasteiger charge is -2.11. The first-order valence-electron chi connectivity index (χ1n) is 10.0. The van der Waals surface area contributed by atoms with Gasteiger partial charge in [-0.05, 0) is 50.5 Å². The topological polar surface area (TPSA) is 73.2 Å². The van der Waals surface area contributed by atoms with Crippen LogP contribution in [-0.2, 0) is 11.3 Å². The second kappa shape index (κ2) is 9.87. The standard InChI is InChI=1S/C24H27N3O3/c1-17-8-10-20(11-9-17)21-12-13-24(29)27(26-21)15-5-14-25-23(28)16-30-22-7-4-6-18(2)19(22)3/h4,6-13H,5,14-16H2,1-3H3,(H,25,28). The molecule has 0 unspecified atom stereocenters. The maximum absolute atomic E-state index is 12.1. The number of nitrogens with one attached hydrogen (secondary N) is 1. The van der Waals surface area contributed by atoms with Gasteiger partial charge in [-0.1, -0.05) is 42.0 Å². The fraction of sp³-hybridized carbons (Fsp3) is 0.292. The Morgan fingerprint density at radius 1 is 1.03 bits per heavy atom. The molecular formula is C24H27N3O3. The van der Waals surface area contributed by atoms with Gasteiger partial charge in [0.25, 0.3) is 11.5 Å². The minimum atomic E-state index is -0.190. The van der Waals surface area contributed by atoms with Crippen molar-refractivity contribution in [1.82, 2.24) is 15.1 Å². The van der Waals surface area contributed by atoms with Crippen molar-refractivity contribution < 1.29 is 9.53 Å². The van der Waals surface area contributed by atoms with E-state index in [2.05, 4.69) is 10.4 Å². The van der Waals surface area contributed by atoms with E-state index in [0.29, 0.717) is 25.3 Å². The monoisotopic (exact) mass is 405 g/mol. The molecular weight excluding hydrogens is 378 g/mol. The summed E-state index contributed by atoms with van der Waals surface area (Å²) in [7, 11) is 0. The number of hydrogen-bond donors (Lipinski definition) is 1.